The van der Waals surface area contributed by atoms with Gasteiger partial charge in [-0.25, -0.2) is 4.98 Å². The number of nitrogens with one attached hydrogen (secondary N) is 1. The summed E-state index contributed by atoms with van der Waals surface area (Å²) < 4.78 is 69.7. The number of fused-ring (bicyclic) bond motifs is 8. The van der Waals surface area contributed by atoms with Crippen molar-refractivity contribution < 1.29 is 66.2 Å². The standard InChI is InChI=1S/C55H71ClN2O14Si2/c1-15-25-65-41-26-34-27-42(68-33(5)6)49(64-12)48(63-11)36(34)29-37(41)52(61)58-39-30-47(60)66-31-46(67-32-62-10)54(72-74(16-2,17-3)18-4)24-23-35-28-43(69-40-20-19-38(39)57-51(40)56)50(71-73(13,14)53(7,8)9)55(35)45(70-55)22-21-44(54)59/h15,19-20,26-29,33,39,43-46,50,59H,1,16-18,25,30-32H2,2-14H3,(H,58,61)/t39-,43+,44-,45+,46-,50-,54-,55-/m1/s1. The lowest BCUT2D eigenvalue weighted by atomic mass is 9.90. The first-order valence-corrected chi connectivity index (χ1v) is 30.9. The van der Waals surface area contributed by atoms with Gasteiger partial charge in [0.2, 0.25) is 5.75 Å². The maximum atomic E-state index is 14.9. The smallest absolute Gasteiger partial charge is 0.308 e. The average Bonchev–Trinajstić information content (AvgIpc) is 4.01. The summed E-state index contributed by atoms with van der Waals surface area (Å²) in [5.41, 5.74) is -2.24. The zero-order valence-electron chi connectivity index (χ0n) is 44.8. The van der Waals surface area contributed by atoms with Crippen molar-refractivity contribution >= 4 is 50.9 Å². The van der Waals surface area contributed by atoms with Gasteiger partial charge in [0.25, 0.3) is 5.91 Å². The third-order valence-corrected chi connectivity index (χ3v) is 24.1. The molecule has 3 aliphatic heterocycles. The second-order valence-corrected chi connectivity index (χ2v) is 30.4. The van der Waals surface area contributed by atoms with E-state index < -0.39 is 89.3 Å². The van der Waals surface area contributed by atoms with Crippen molar-refractivity contribution in [2.75, 3.05) is 41.3 Å². The third-order valence-electron chi connectivity index (χ3n) is 14.7. The Morgan fingerprint density at radius 3 is 2.38 bits per heavy atom. The molecule has 3 aromatic rings. The highest BCUT2D eigenvalue weighted by molar-refractivity contribution is 6.74. The molecular formula is C55H71ClN2O14Si2. The van der Waals surface area contributed by atoms with Gasteiger partial charge in [0.15, 0.2) is 62.4 Å². The van der Waals surface area contributed by atoms with E-state index in [1.165, 1.54) is 21.3 Å². The van der Waals surface area contributed by atoms with Gasteiger partial charge >= 0.3 is 5.97 Å². The van der Waals surface area contributed by atoms with Crippen LogP contribution in [-0.4, -0.2) is 128 Å². The van der Waals surface area contributed by atoms with Gasteiger partial charge in [0, 0.05) is 18.1 Å². The Balaban J connectivity index is 1.39. The van der Waals surface area contributed by atoms with Crippen LogP contribution < -0.4 is 29.0 Å². The fourth-order valence-electron chi connectivity index (χ4n) is 9.31. The van der Waals surface area contributed by atoms with Crippen molar-refractivity contribution in [3.63, 3.8) is 0 Å². The van der Waals surface area contributed by atoms with Gasteiger partial charge in [-0.2, -0.15) is 0 Å². The number of epoxide rings is 1. The van der Waals surface area contributed by atoms with Crippen molar-refractivity contribution in [2.45, 2.75) is 152 Å². The van der Waals surface area contributed by atoms with Crippen LogP contribution in [0, 0.1) is 23.7 Å². The largest absolute Gasteiger partial charge is 0.492 e. The molecule has 1 fully saturated rings. The first-order valence-electron chi connectivity index (χ1n) is 25.1. The van der Waals surface area contributed by atoms with E-state index in [1.54, 1.807) is 36.4 Å². The summed E-state index contributed by atoms with van der Waals surface area (Å²) in [6.07, 6.45) is -2.39. The number of methoxy groups -OCH3 is 3. The Kier molecular flexibility index (Phi) is 17.3. The SMILES string of the molecule is C=CCOc1cc2cc(OC(C)C)c(OC)c(OC)c2cc1C(=O)N[C@@H]1CC(=O)OC[C@@H](OCOC)[C@@]2(O[Si](CC)(CC)CC)C#CC3=C[C@H](Oc4ccc1nc4Cl)[C@@H](O[Si](C)(C)C(C)(C)C)[C@@]31O[C@H]1C#C[C@H]2O. The van der Waals surface area contributed by atoms with E-state index in [-0.39, 0.29) is 52.5 Å². The molecule has 0 unspecified atom stereocenters. The number of hydrogen-bond donors (Lipinski definition) is 2. The molecule has 1 spiro atoms. The molecule has 0 radical (unpaired) electrons. The molecule has 1 aromatic heterocycles. The number of carbonyl (C=O) groups excluding carboxylic acids is 2. The van der Waals surface area contributed by atoms with E-state index in [0.717, 1.165) is 0 Å². The predicted molar refractivity (Wildman–Crippen MR) is 285 cm³/mol. The molecule has 4 heterocycles. The number of hydrogen-bond acceptors (Lipinski definition) is 15. The Morgan fingerprint density at radius 1 is 1.05 bits per heavy atom. The lowest BCUT2D eigenvalue weighted by Gasteiger charge is -2.44. The Bertz CT molecular complexity index is 2760. The Labute approximate surface area is 442 Å². The molecule has 1 amide bonds. The highest BCUT2D eigenvalue weighted by atomic mass is 35.5. The van der Waals surface area contributed by atoms with Gasteiger partial charge in [0.1, 0.15) is 44.1 Å². The molecule has 2 aromatic carbocycles. The lowest BCUT2D eigenvalue weighted by Crippen LogP contribution is -2.61. The molecule has 2 aliphatic carbocycles. The summed E-state index contributed by atoms with van der Waals surface area (Å²) in [6.45, 7) is 23.8. The summed E-state index contributed by atoms with van der Waals surface area (Å²) in [5.74, 6) is 13.1. The minimum absolute atomic E-state index is 0.0535. The average molecular weight is 1080 g/mol. The number of esters is 1. The molecular weight excluding hydrogens is 1000 g/mol. The molecule has 5 bridgehead atoms. The van der Waals surface area contributed by atoms with Crippen LogP contribution >= 0.6 is 11.6 Å². The first-order chi connectivity index (χ1) is 35.1. The number of aliphatic hydroxyl groups is 1. The van der Waals surface area contributed by atoms with Gasteiger partial charge in [-0.15, -0.1) is 0 Å². The lowest BCUT2D eigenvalue weighted by molar-refractivity contribution is -0.179. The molecule has 8 rings (SSSR count). The quantitative estimate of drug-likeness (QED) is 0.0220. The maximum absolute atomic E-state index is 14.9. The van der Waals surface area contributed by atoms with Gasteiger partial charge in [-0.05, 0) is 91.9 Å². The normalized spacial score (nSPS) is 25.4. The number of carbonyl (C=O) groups is 2. The molecule has 400 valence electrons. The van der Waals surface area contributed by atoms with Crippen LogP contribution in [0.2, 0.25) is 41.4 Å². The zero-order valence-corrected chi connectivity index (χ0v) is 47.6. The fourth-order valence-corrected chi connectivity index (χ4v) is 13.8. The fraction of sp³-hybridized carbons (Fsp3) is 0.545. The number of benzene rings is 2. The van der Waals surface area contributed by atoms with Gasteiger partial charge in [-0.1, -0.05) is 89.5 Å². The van der Waals surface area contributed by atoms with Gasteiger partial charge in [-0.3, -0.25) is 9.59 Å². The van der Waals surface area contributed by atoms with Crippen LogP contribution in [0.5, 0.6) is 28.7 Å². The second kappa shape index (κ2) is 22.6. The number of nitrogens with zero attached hydrogens (tertiary/aromatic N) is 1. The van der Waals surface area contributed by atoms with Crippen LogP contribution in [0.15, 0.2) is 54.6 Å². The monoisotopic (exact) mass is 1070 g/mol. The van der Waals surface area contributed by atoms with Crippen LogP contribution in [0.4, 0.5) is 0 Å². The molecule has 74 heavy (non-hydrogen) atoms. The first kappa shape index (κ1) is 56.6. The molecule has 8 atom stereocenters. The highest BCUT2D eigenvalue weighted by Crippen LogP contribution is 2.55. The molecule has 1 saturated heterocycles. The minimum atomic E-state index is -2.72. The van der Waals surface area contributed by atoms with Crippen molar-refractivity contribution in [3.05, 3.63) is 71.0 Å². The van der Waals surface area contributed by atoms with Gasteiger partial charge in [0.05, 0.1) is 44.0 Å². The topological polar surface area (TPSA) is 184 Å². The number of halogens is 1. The molecule has 5 aliphatic rings. The minimum Gasteiger partial charge on any atom is -0.492 e. The predicted octanol–water partition coefficient (Wildman–Crippen LogP) is 9.02. The molecule has 2 N–H and O–H groups in total. The number of aliphatic hydroxyl groups excluding tert-OH is 1. The summed E-state index contributed by atoms with van der Waals surface area (Å²) >= 11 is 7.06. The number of ether oxygens (including phenoxy) is 9. The second-order valence-electron chi connectivity index (χ2n) is 20.6. The van der Waals surface area contributed by atoms with Crippen LogP contribution in [-0.2, 0) is 32.6 Å². The number of amides is 1. The highest BCUT2D eigenvalue weighted by Gasteiger charge is 2.71. The summed E-state index contributed by atoms with van der Waals surface area (Å²) in [7, 11) is -0.856. The number of rotatable bonds is 19. The molecule has 0 saturated carbocycles. The van der Waals surface area contributed by atoms with E-state index >= 15 is 0 Å². The third kappa shape index (κ3) is 11.1. The van der Waals surface area contributed by atoms with E-state index in [9.17, 15) is 14.7 Å². The van der Waals surface area contributed by atoms with Gasteiger partial charge < -0.3 is 61.9 Å². The Hall–Kier alpha value is -5.13. The zero-order chi connectivity index (χ0) is 54.0. The van der Waals surface area contributed by atoms with Crippen LogP contribution in [0.25, 0.3) is 10.8 Å². The van der Waals surface area contributed by atoms with E-state index in [4.69, 9.17) is 68.1 Å². The van der Waals surface area contributed by atoms with Crippen molar-refractivity contribution in [3.8, 4) is 52.4 Å². The summed E-state index contributed by atoms with van der Waals surface area (Å²) in [5, 5.41) is 16.4. The van der Waals surface area contributed by atoms with Crippen LogP contribution in [0.1, 0.15) is 83.9 Å². The number of aromatic nitrogens is 1. The summed E-state index contributed by atoms with van der Waals surface area (Å²) in [6, 6.07) is 9.22. The van der Waals surface area contributed by atoms with Crippen molar-refractivity contribution in [1.29, 1.82) is 0 Å². The van der Waals surface area contributed by atoms with E-state index in [1.807, 2.05) is 19.9 Å². The van der Waals surface area contributed by atoms with Crippen molar-refractivity contribution in [2.24, 2.45) is 0 Å². The Morgan fingerprint density at radius 2 is 1.76 bits per heavy atom. The molecule has 19 heteroatoms. The summed E-state index contributed by atoms with van der Waals surface area (Å²) in [4.78, 5) is 34.1. The van der Waals surface area contributed by atoms with E-state index in [0.29, 0.717) is 51.7 Å². The van der Waals surface area contributed by atoms with E-state index in [2.05, 4.69) is 90.2 Å². The molecule has 16 nitrogen and oxygen atoms in total. The van der Waals surface area contributed by atoms with Crippen LogP contribution in [0.3, 0.4) is 0 Å². The maximum Gasteiger partial charge on any atom is 0.308 e. The van der Waals surface area contributed by atoms with Crippen molar-refractivity contribution in [1.82, 2.24) is 10.3 Å². The number of pyridine rings is 1.